The SMILES string of the molecule is Cc1ccc(-c2cc(C(=O)Nc3nn(Cc4ccccc4)cc3Cl)no2)cc1. The number of halogens is 1. The Morgan fingerprint density at radius 3 is 2.64 bits per heavy atom. The van der Waals surface area contributed by atoms with Crippen molar-refractivity contribution in [1.29, 1.82) is 0 Å². The Morgan fingerprint density at radius 1 is 1.14 bits per heavy atom. The average molecular weight is 393 g/mol. The second-order valence-corrected chi connectivity index (χ2v) is 6.81. The van der Waals surface area contributed by atoms with Crippen LogP contribution in [0.3, 0.4) is 0 Å². The second-order valence-electron chi connectivity index (χ2n) is 6.41. The van der Waals surface area contributed by atoms with Crippen LogP contribution in [0.2, 0.25) is 5.02 Å². The first kappa shape index (κ1) is 18.0. The number of hydrogen-bond donors (Lipinski definition) is 1. The summed E-state index contributed by atoms with van der Waals surface area (Å²) in [6.07, 6.45) is 1.67. The van der Waals surface area contributed by atoms with Gasteiger partial charge >= 0.3 is 0 Å². The Bertz CT molecular complexity index is 1100. The number of hydrogen-bond acceptors (Lipinski definition) is 4. The first-order chi connectivity index (χ1) is 13.6. The first-order valence-electron chi connectivity index (χ1n) is 8.70. The summed E-state index contributed by atoms with van der Waals surface area (Å²) >= 11 is 6.22. The molecule has 4 aromatic rings. The van der Waals surface area contributed by atoms with E-state index >= 15 is 0 Å². The van der Waals surface area contributed by atoms with Gasteiger partial charge in [0.1, 0.15) is 5.02 Å². The van der Waals surface area contributed by atoms with Crippen LogP contribution in [0.25, 0.3) is 11.3 Å². The van der Waals surface area contributed by atoms with Gasteiger partial charge in [0.2, 0.25) is 0 Å². The molecule has 2 aromatic carbocycles. The highest BCUT2D eigenvalue weighted by atomic mass is 35.5. The molecule has 6 nitrogen and oxygen atoms in total. The molecule has 2 aromatic heterocycles. The zero-order valence-electron chi connectivity index (χ0n) is 15.1. The van der Waals surface area contributed by atoms with E-state index in [1.54, 1.807) is 16.9 Å². The van der Waals surface area contributed by atoms with Crippen molar-refractivity contribution >= 4 is 23.3 Å². The van der Waals surface area contributed by atoms with E-state index in [2.05, 4.69) is 15.6 Å². The molecule has 0 fully saturated rings. The Labute approximate surface area is 166 Å². The number of carbonyl (C=O) groups excluding carboxylic acids is 1. The molecule has 1 N–H and O–H groups in total. The predicted molar refractivity (Wildman–Crippen MR) is 107 cm³/mol. The van der Waals surface area contributed by atoms with Gasteiger partial charge < -0.3 is 9.84 Å². The van der Waals surface area contributed by atoms with E-state index in [1.165, 1.54) is 0 Å². The fraction of sp³-hybridized carbons (Fsp3) is 0.0952. The summed E-state index contributed by atoms with van der Waals surface area (Å²) in [5.41, 5.74) is 3.23. The number of anilines is 1. The van der Waals surface area contributed by atoms with Gasteiger partial charge in [0.25, 0.3) is 5.91 Å². The van der Waals surface area contributed by atoms with Crippen molar-refractivity contribution in [2.24, 2.45) is 0 Å². The van der Waals surface area contributed by atoms with Crippen LogP contribution in [0.5, 0.6) is 0 Å². The topological polar surface area (TPSA) is 73.0 Å². The standard InChI is InChI=1S/C21H17ClN4O2/c1-14-7-9-16(10-8-14)19-11-18(25-28-19)21(27)23-20-17(22)13-26(24-20)12-15-5-3-2-4-6-15/h2-11,13H,12H2,1H3,(H,23,24,27). The lowest BCUT2D eigenvalue weighted by Crippen LogP contribution is -2.13. The van der Waals surface area contributed by atoms with Gasteiger partial charge in [-0.1, -0.05) is 76.9 Å². The molecule has 2 heterocycles. The van der Waals surface area contributed by atoms with Crippen LogP contribution in [-0.4, -0.2) is 20.8 Å². The number of aromatic nitrogens is 3. The van der Waals surface area contributed by atoms with Crippen molar-refractivity contribution in [1.82, 2.24) is 14.9 Å². The normalized spacial score (nSPS) is 10.8. The molecule has 0 unspecified atom stereocenters. The minimum Gasteiger partial charge on any atom is -0.355 e. The molecule has 0 saturated heterocycles. The largest absolute Gasteiger partial charge is 0.355 e. The number of rotatable bonds is 5. The van der Waals surface area contributed by atoms with Crippen molar-refractivity contribution in [3.05, 3.63) is 88.7 Å². The van der Waals surface area contributed by atoms with Crippen LogP contribution in [0.1, 0.15) is 21.6 Å². The summed E-state index contributed by atoms with van der Waals surface area (Å²) in [6, 6.07) is 19.2. The highest BCUT2D eigenvalue weighted by Crippen LogP contribution is 2.23. The maximum atomic E-state index is 12.5. The maximum Gasteiger partial charge on any atom is 0.279 e. The van der Waals surface area contributed by atoms with Gasteiger partial charge in [0.15, 0.2) is 17.3 Å². The van der Waals surface area contributed by atoms with Gasteiger partial charge in [-0.2, -0.15) is 5.10 Å². The molecule has 0 atom stereocenters. The molecular formula is C21H17ClN4O2. The smallest absolute Gasteiger partial charge is 0.279 e. The summed E-state index contributed by atoms with van der Waals surface area (Å²) in [5.74, 6) is 0.363. The molecule has 0 aliphatic rings. The van der Waals surface area contributed by atoms with E-state index in [4.69, 9.17) is 16.1 Å². The van der Waals surface area contributed by atoms with E-state index in [0.717, 1.165) is 16.7 Å². The number of carbonyl (C=O) groups is 1. The quantitative estimate of drug-likeness (QED) is 0.529. The third kappa shape index (κ3) is 3.97. The first-order valence-corrected chi connectivity index (χ1v) is 9.08. The average Bonchev–Trinajstić information content (AvgIpc) is 3.31. The van der Waals surface area contributed by atoms with Crippen LogP contribution in [-0.2, 0) is 6.54 Å². The summed E-state index contributed by atoms with van der Waals surface area (Å²) in [4.78, 5) is 12.5. The highest BCUT2D eigenvalue weighted by molar-refractivity contribution is 6.33. The molecular weight excluding hydrogens is 376 g/mol. The molecule has 28 heavy (non-hydrogen) atoms. The lowest BCUT2D eigenvalue weighted by atomic mass is 10.1. The van der Waals surface area contributed by atoms with Crippen molar-refractivity contribution in [3.63, 3.8) is 0 Å². The van der Waals surface area contributed by atoms with Crippen molar-refractivity contribution in [2.45, 2.75) is 13.5 Å². The van der Waals surface area contributed by atoms with Crippen LogP contribution in [0.4, 0.5) is 5.82 Å². The third-order valence-corrected chi connectivity index (χ3v) is 4.49. The molecule has 0 radical (unpaired) electrons. The fourth-order valence-corrected chi connectivity index (χ4v) is 2.94. The van der Waals surface area contributed by atoms with Crippen molar-refractivity contribution < 1.29 is 9.32 Å². The zero-order valence-corrected chi connectivity index (χ0v) is 15.8. The van der Waals surface area contributed by atoms with Crippen LogP contribution < -0.4 is 5.32 Å². The Hall–Kier alpha value is -3.38. The minimum absolute atomic E-state index is 0.157. The number of amides is 1. The number of benzene rings is 2. The van der Waals surface area contributed by atoms with Crippen molar-refractivity contribution in [3.8, 4) is 11.3 Å². The summed E-state index contributed by atoms with van der Waals surface area (Å²) < 4.78 is 6.97. The third-order valence-electron chi connectivity index (χ3n) is 4.22. The Kier molecular flexibility index (Phi) is 4.95. The number of nitrogens with one attached hydrogen (secondary N) is 1. The molecule has 0 aliphatic heterocycles. The van der Waals surface area contributed by atoms with Gasteiger partial charge in [-0.3, -0.25) is 9.48 Å². The molecule has 4 rings (SSSR count). The summed E-state index contributed by atoms with van der Waals surface area (Å²) in [7, 11) is 0. The summed E-state index contributed by atoms with van der Waals surface area (Å²) in [6.45, 7) is 2.56. The number of aryl methyl sites for hydroxylation is 1. The van der Waals surface area contributed by atoms with E-state index in [-0.39, 0.29) is 11.5 Å². The van der Waals surface area contributed by atoms with Gasteiger partial charge in [0, 0.05) is 17.8 Å². The molecule has 1 amide bonds. The van der Waals surface area contributed by atoms with Gasteiger partial charge in [0.05, 0.1) is 6.54 Å². The molecule has 0 saturated carbocycles. The summed E-state index contributed by atoms with van der Waals surface area (Å²) in [5, 5.41) is 11.2. The molecule has 140 valence electrons. The van der Waals surface area contributed by atoms with E-state index in [0.29, 0.717) is 17.3 Å². The molecule has 0 aliphatic carbocycles. The fourth-order valence-electron chi connectivity index (χ4n) is 2.74. The highest BCUT2D eigenvalue weighted by Gasteiger charge is 2.17. The minimum atomic E-state index is -0.436. The van der Waals surface area contributed by atoms with Gasteiger partial charge in [-0.05, 0) is 12.5 Å². The number of nitrogens with zero attached hydrogens (tertiary/aromatic N) is 3. The maximum absolute atomic E-state index is 12.5. The van der Waals surface area contributed by atoms with Gasteiger partial charge in [-0.25, -0.2) is 0 Å². The molecule has 7 heteroatoms. The molecule has 0 spiro atoms. The van der Waals surface area contributed by atoms with Gasteiger partial charge in [-0.15, -0.1) is 0 Å². The van der Waals surface area contributed by atoms with E-state index in [1.807, 2.05) is 61.5 Å². The Morgan fingerprint density at radius 2 is 1.89 bits per heavy atom. The zero-order chi connectivity index (χ0) is 19.5. The lowest BCUT2D eigenvalue weighted by Gasteiger charge is -2.01. The van der Waals surface area contributed by atoms with Crippen LogP contribution >= 0.6 is 11.6 Å². The van der Waals surface area contributed by atoms with Crippen molar-refractivity contribution in [2.75, 3.05) is 5.32 Å². The van der Waals surface area contributed by atoms with E-state index in [9.17, 15) is 4.79 Å². The predicted octanol–water partition coefficient (Wildman–Crippen LogP) is 4.80. The monoisotopic (exact) mass is 392 g/mol. The second kappa shape index (κ2) is 7.70. The lowest BCUT2D eigenvalue weighted by molar-refractivity contribution is 0.101. The van der Waals surface area contributed by atoms with E-state index < -0.39 is 5.91 Å². The Balaban J connectivity index is 1.47. The molecule has 0 bridgehead atoms. The van der Waals surface area contributed by atoms with Crippen LogP contribution in [0, 0.1) is 6.92 Å². The van der Waals surface area contributed by atoms with Crippen LogP contribution in [0.15, 0.2) is 71.4 Å².